The van der Waals surface area contributed by atoms with Gasteiger partial charge in [-0.15, -0.1) is 5.10 Å². The summed E-state index contributed by atoms with van der Waals surface area (Å²) >= 11 is 4.40. The summed E-state index contributed by atoms with van der Waals surface area (Å²) in [6.07, 6.45) is 1.78. The monoisotopic (exact) mass is 427 g/mol. The van der Waals surface area contributed by atoms with Crippen molar-refractivity contribution >= 4 is 45.3 Å². The molecule has 2 rings (SSSR count). The normalized spacial score (nSPS) is 10.5. The molecule has 8 nitrogen and oxygen atoms in total. The molecule has 0 saturated heterocycles. The van der Waals surface area contributed by atoms with Gasteiger partial charge >= 0.3 is 11.7 Å². The smallest absolute Gasteiger partial charge is 0.308 e. The number of unbranched alkanes of at least 4 members (excludes halogenated alkanes) is 1. The zero-order valence-electron chi connectivity index (χ0n) is 13.5. The molecule has 0 spiro atoms. The van der Waals surface area contributed by atoms with Crippen LogP contribution in [0.5, 0.6) is 0 Å². The number of nitrogens with zero attached hydrogens (tertiary/aromatic N) is 2. The lowest BCUT2D eigenvalue weighted by molar-refractivity contribution is -0.117. The van der Waals surface area contributed by atoms with Gasteiger partial charge in [0.25, 0.3) is 0 Å². The Labute approximate surface area is 156 Å². The van der Waals surface area contributed by atoms with Crippen LogP contribution in [0.4, 0.5) is 10.5 Å². The molecule has 3 N–H and O–H groups in total. The molecule has 0 atom stereocenters. The molecule has 0 unspecified atom stereocenters. The predicted octanol–water partition coefficient (Wildman–Crippen LogP) is 2.57. The van der Waals surface area contributed by atoms with E-state index < -0.39 is 11.9 Å². The van der Waals surface area contributed by atoms with Crippen molar-refractivity contribution in [3.63, 3.8) is 0 Å². The maximum absolute atomic E-state index is 11.9. The number of carbonyl (C=O) groups excluding carboxylic acids is 2. The van der Waals surface area contributed by atoms with Gasteiger partial charge in [0.1, 0.15) is 0 Å². The molecule has 0 radical (unpaired) electrons. The molecule has 25 heavy (non-hydrogen) atoms. The Morgan fingerprint density at radius 3 is 2.72 bits per heavy atom. The van der Waals surface area contributed by atoms with E-state index in [-0.39, 0.29) is 11.4 Å². The number of thioether (sulfide) groups is 1. The summed E-state index contributed by atoms with van der Waals surface area (Å²) in [6, 6.07) is 6.36. The van der Waals surface area contributed by atoms with Gasteiger partial charge in [-0.1, -0.05) is 41.0 Å². The lowest BCUT2D eigenvalue weighted by Gasteiger charge is -2.07. The fraction of sp³-hybridized carbons (Fsp3) is 0.333. The second kappa shape index (κ2) is 9.42. The third-order valence-corrected chi connectivity index (χ3v) is 4.65. The Bertz CT molecular complexity index is 787. The number of imide groups is 1. The number of anilines is 1. The van der Waals surface area contributed by atoms with E-state index in [0.29, 0.717) is 17.4 Å². The first kappa shape index (κ1) is 19.3. The van der Waals surface area contributed by atoms with Crippen LogP contribution in [0.15, 0.2) is 38.7 Å². The van der Waals surface area contributed by atoms with Crippen molar-refractivity contribution in [2.24, 2.45) is 0 Å². The van der Waals surface area contributed by atoms with Gasteiger partial charge in [-0.05, 0) is 30.7 Å². The molecule has 1 aromatic carbocycles. The Balaban J connectivity index is 1.83. The SMILES string of the molecule is CCCCn1c(SCC(=O)NC(=O)Nc2ccc(Br)cc2)n[nH]c1=O. The van der Waals surface area contributed by atoms with Crippen LogP contribution in [0.25, 0.3) is 0 Å². The Morgan fingerprint density at radius 2 is 2.04 bits per heavy atom. The lowest BCUT2D eigenvalue weighted by atomic mass is 10.3. The minimum absolute atomic E-state index is 0.0236. The van der Waals surface area contributed by atoms with Crippen molar-refractivity contribution in [3.8, 4) is 0 Å². The molecule has 1 heterocycles. The number of rotatable bonds is 7. The standard InChI is InChI=1S/C15H18BrN5O3S/c1-2-3-8-21-14(24)19-20-15(21)25-9-12(22)18-13(23)17-11-6-4-10(16)5-7-11/h4-7H,2-3,8-9H2,1H3,(H,19,24)(H2,17,18,22,23). The zero-order chi connectivity index (χ0) is 18.2. The number of H-pyrrole nitrogens is 1. The summed E-state index contributed by atoms with van der Waals surface area (Å²) < 4.78 is 2.38. The summed E-state index contributed by atoms with van der Waals surface area (Å²) in [4.78, 5) is 35.3. The van der Waals surface area contributed by atoms with E-state index in [9.17, 15) is 14.4 Å². The average molecular weight is 428 g/mol. The van der Waals surface area contributed by atoms with E-state index in [4.69, 9.17) is 0 Å². The van der Waals surface area contributed by atoms with Gasteiger partial charge in [0.05, 0.1) is 5.75 Å². The average Bonchev–Trinajstić information content (AvgIpc) is 2.93. The van der Waals surface area contributed by atoms with Crippen LogP contribution < -0.4 is 16.3 Å². The lowest BCUT2D eigenvalue weighted by Crippen LogP contribution is -2.35. The Hall–Kier alpha value is -2.07. The summed E-state index contributed by atoms with van der Waals surface area (Å²) in [5.41, 5.74) is 0.270. The number of amides is 3. The maximum Gasteiger partial charge on any atom is 0.343 e. The van der Waals surface area contributed by atoms with Crippen molar-refractivity contribution in [1.29, 1.82) is 0 Å². The molecule has 0 saturated carbocycles. The number of benzene rings is 1. The van der Waals surface area contributed by atoms with E-state index >= 15 is 0 Å². The van der Waals surface area contributed by atoms with E-state index in [1.165, 1.54) is 4.57 Å². The molecular weight excluding hydrogens is 410 g/mol. The quantitative estimate of drug-likeness (QED) is 0.588. The largest absolute Gasteiger partial charge is 0.343 e. The Kier molecular flexibility index (Phi) is 7.26. The number of aromatic amines is 1. The van der Waals surface area contributed by atoms with Crippen LogP contribution in [0.3, 0.4) is 0 Å². The highest BCUT2D eigenvalue weighted by molar-refractivity contribution is 9.10. The fourth-order valence-corrected chi connectivity index (χ4v) is 2.95. The molecule has 2 aromatic rings. The molecule has 1 aromatic heterocycles. The third kappa shape index (κ3) is 6.05. The first-order valence-electron chi connectivity index (χ1n) is 7.64. The summed E-state index contributed by atoms with van der Waals surface area (Å²) in [7, 11) is 0. The molecule has 10 heteroatoms. The van der Waals surface area contributed by atoms with Gasteiger partial charge in [-0.2, -0.15) is 0 Å². The summed E-state index contributed by atoms with van der Waals surface area (Å²) in [5.74, 6) is -0.499. The number of aromatic nitrogens is 3. The number of carbonyl (C=O) groups is 2. The topological polar surface area (TPSA) is 109 Å². The molecule has 0 aliphatic heterocycles. The van der Waals surface area contributed by atoms with Gasteiger partial charge in [0, 0.05) is 16.7 Å². The highest BCUT2D eigenvalue weighted by Gasteiger charge is 2.13. The van der Waals surface area contributed by atoms with Gasteiger partial charge in [-0.25, -0.2) is 14.7 Å². The van der Waals surface area contributed by atoms with Crippen LogP contribution in [0.2, 0.25) is 0 Å². The fourth-order valence-electron chi connectivity index (χ4n) is 1.92. The predicted molar refractivity (Wildman–Crippen MR) is 99.8 cm³/mol. The summed E-state index contributed by atoms with van der Waals surface area (Å²) in [6.45, 7) is 2.56. The molecular formula is C15H18BrN5O3S. The van der Waals surface area contributed by atoms with Gasteiger partial charge in [-0.3, -0.25) is 14.7 Å². The van der Waals surface area contributed by atoms with Crippen LogP contribution in [0.1, 0.15) is 19.8 Å². The van der Waals surface area contributed by atoms with Crippen molar-refractivity contribution in [3.05, 3.63) is 39.2 Å². The number of urea groups is 1. The zero-order valence-corrected chi connectivity index (χ0v) is 15.9. The van der Waals surface area contributed by atoms with Crippen molar-refractivity contribution in [2.75, 3.05) is 11.1 Å². The second-order valence-electron chi connectivity index (χ2n) is 5.11. The molecule has 0 bridgehead atoms. The number of nitrogens with one attached hydrogen (secondary N) is 3. The minimum Gasteiger partial charge on any atom is -0.308 e. The van der Waals surface area contributed by atoms with Crippen LogP contribution in [0, 0.1) is 0 Å². The number of hydrogen-bond acceptors (Lipinski definition) is 5. The first-order chi connectivity index (χ1) is 12.0. The number of halogens is 1. The second-order valence-corrected chi connectivity index (χ2v) is 6.97. The van der Waals surface area contributed by atoms with Gasteiger partial charge < -0.3 is 5.32 Å². The number of hydrogen-bond donors (Lipinski definition) is 3. The molecule has 0 aliphatic carbocycles. The van der Waals surface area contributed by atoms with E-state index in [2.05, 4.69) is 36.8 Å². The molecule has 134 valence electrons. The highest BCUT2D eigenvalue weighted by Crippen LogP contribution is 2.15. The van der Waals surface area contributed by atoms with Crippen molar-refractivity contribution in [2.45, 2.75) is 31.5 Å². The maximum atomic E-state index is 11.9. The van der Waals surface area contributed by atoms with Crippen molar-refractivity contribution < 1.29 is 9.59 Å². The molecule has 3 amide bonds. The van der Waals surface area contributed by atoms with E-state index in [1.807, 2.05) is 6.92 Å². The molecule has 0 fully saturated rings. The van der Waals surface area contributed by atoms with Crippen LogP contribution >= 0.6 is 27.7 Å². The van der Waals surface area contributed by atoms with E-state index in [0.717, 1.165) is 29.1 Å². The highest BCUT2D eigenvalue weighted by atomic mass is 79.9. The van der Waals surface area contributed by atoms with E-state index in [1.54, 1.807) is 24.3 Å². The minimum atomic E-state index is -0.613. The summed E-state index contributed by atoms with van der Waals surface area (Å²) in [5, 5.41) is 11.5. The van der Waals surface area contributed by atoms with Gasteiger partial charge in [0.2, 0.25) is 5.91 Å². The third-order valence-electron chi connectivity index (χ3n) is 3.15. The first-order valence-corrected chi connectivity index (χ1v) is 9.42. The van der Waals surface area contributed by atoms with Crippen LogP contribution in [-0.2, 0) is 11.3 Å². The van der Waals surface area contributed by atoms with Crippen LogP contribution in [-0.4, -0.2) is 32.5 Å². The van der Waals surface area contributed by atoms with Crippen molar-refractivity contribution in [1.82, 2.24) is 20.1 Å². The molecule has 0 aliphatic rings. The van der Waals surface area contributed by atoms with Gasteiger partial charge in [0.15, 0.2) is 5.16 Å². The Morgan fingerprint density at radius 1 is 1.32 bits per heavy atom.